The van der Waals surface area contributed by atoms with Gasteiger partial charge in [0.15, 0.2) is 0 Å². The van der Waals surface area contributed by atoms with Crippen LogP contribution in [0.4, 0.5) is 0 Å². The van der Waals surface area contributed by atoms with Crippen molar-refractivity contribution in [3.8, 4) is 17.1 Å². The highest BCUT2D eigenvalue weighted by atomic mass is 35.5. The number of aromatic nitrogens is 1. The Balaban J connectivity index is 0.00000196. The second-order valence-electron chi connectivity index (χ2n) is 5.63. The molecular weight excluding hydrogens is 369 g/mol. The van der Waals surface area contributed by atoms with Gasteiger partial charge in [-0.3, -0.25) is 0 Å². The van der Waals surface area contributed by atoms with Crippen LogP contribution in [-0.4, -0.2) is 10.1 Å². The van der Waals surface area contributed by atoms with E-state index in [0.717, 1.165) is 28.2 Å². The van der Waals surface area contributed by atoms with Crippen molar-refractivity contribution in [2.75, 3.05) is 0 Å². The summed E-state index contributed by atoms with van der Waals surface area (Å²) >= 11 is 5.91. The highest BCUT2D eigenvalue weighted by Crippen LogP contribution is 2.25. The van der Waals surface area contributed by atoms with E-state index in [2.05, 4.69) is 4.98 Å². The van der Waals surface area contributed by atoms with Gasteiger partial charge in [0.1, 0.15) is 22.8 Å². The van der Waals surface area contributed by atoms with Crippen LogP contribution < -0.4 is 0 Å². The summed E-state index contributed by atoms with van der Waals surface area (Å²) in [5.74, 6) is 1.68. The second-order valence-corrected chi connectivity index (χ2v) is 6.06. The molecule has 0 spiro atoms. The van der Waals surface area contributed by atoms with E-state index in [9.17, 15) is 5.11 Å². The van der Waals surface area contributed by atoms with E-state index in [-0.39, 0.29) is 18.2 Å². The molecule has 4 rings (SSSR count). The first-order chi connectivity index (χ1) is 12.2. The smallest absolute Gasteiger partial charge is 0.141 e. The molecule has 26 heavy (non-hydrogen) atoms. The third kappa shape index (κ3) is 3.74. The molecule has 130 valence electrons. The summed E-state index contributed by atoms with van der Waals surface area (Å²) in [4.78, 5) is 4.47. The zero-order valence-electron chi connectivity index (χ0n) is 13.6. The number of rotatable bonds is 3. The Kier molecular flexibility index (Phi) is 5.31. The summed E-state index contributed by atoms with van der Waals surface area (Å²) in [5.41, 5.74) is 2.31. The molecular formula is C21H15Cl2NO2. The van der Waals surface area contributed by atoms with Crippen LogP contribution in [0.3, 0.4) is 0 Å². The molecule has 0 aliphatic carbocycles. The van der Waals surface area contributed by atoms with E-state index in [1.807, 2.05) is 66.7 Å². The van der Waals surface area contributed by atoms with Crippen molar-refractivity contribution in [1.29, 1.82) is 0 Å². The molecule has 0 aliphatic rings. The maximum Gasteiger partial charge on any atom is 0.141 e. The topological polar surface area (TPSA) is 46.3 Å². The van der Waals surface area contributed by atoms with Gasteiger partial charge in [0.05, 0.1) is 5.69 Å². The molecule has 2 aromatic carbocycles. The van der Waals surface area contributed by atoms with Gasteiger partial charge in [-0.05, 0) is 60.7 Å². The molecule has 5 heteroatoms. The third-order valence-corrected chi connectivity index (χ3v) is 4.15. The Morgan fingerprint density at radius 2 is 1.69 bits per heavy atom. The summed E-state index contributed by atoms with van der Waals surface area (Å²) in [5, 5.41) is 11.5. The highest BCUT2D eigenvalue weighted by Gasteiger charge is 2.04. The van der Waals surface area contributed by atoms with Gasteiger partial charge in [0.25, 0.3) is 0 Å². The number of fused-ring (bicyclic) bond motifs is 1. The molecule has 0 fully saturated rings. The number of hydrogen-bond donors (Lipinski definition) is 1. The van der Waals surface area contributed by atoms with Gasteiger partial charge in [-0.25, -0.2) is 4.98 Å². The fourth-order valence-electron chi connectivity index (χ4n) is 2.62. The summed E-state index contributed by atoms with van der Waals surface area (Å²) in [7, 11) is 0. The third-order valence-electron chi connectivity index (χ3n) is 3.89. The van der Waals surface area contributed by atoms with Gasteiger partial charge in [0.2, 0.25) is 0 Å². The molecule has 2 heterocycles. The van der Waals surface area contributed by atoms with Crippen molar-refractivity contribution in [1.82, 2.24) is 4.98 Å². The molecule has 0 saturated carbocycles. The SMILES string of the molecule is Cl.Oc1cccc2ccc(/C=C/c3ccc(-c4ccc(Cl)cc4)o3)nc12. The second kappa shape index (κ2) is 7.65. The Morgan fingerprint density at radius 1 is 0.885 bits per heavy atom. The van der Waals surface area contributed by atoms with Crippen molar-refractivity contribution in [3.05, 3.63) is 83.2 Å². The minimum atomic E-state index is 0. The standard InChI is InChI=1S/C21H14ClNO2.ClH/c22-16-7-4-14(5-8-16)20-13-12-18(25-20)11-10-17-9-6-15-2-1-3-19(24)21(15)23-17;/h1-13,24H;1H/b11-10+;. The molecule has 0 radical (unpaired) electrons. The first kappa shape index (κ1) is 18.1. The number of hydrogen-bond acceptors (Lipinski definition) is 3. The summed E-state index contributed by atoms with van der Waals surface area (Å²) in [6.07, 6.45) is 3.71. The average molecular weight is 384 g/mol. The lowest BCUT2D eigenvalue weighted by Gasteiger charge is -2.01. The zero-order valence-corrected chi connectivity index (χ0v) is 15.2. The van der Waals surface area contributed by atoms with Gasteiger partial charge >= 0.3 is 0 Å². The van der Waals surface area contributed by atoms with Crippen LogP contribution in [0.2, 0.25) is 5.02 Å². The predicted molar refractivity (Wildman–Crippen MR) is 109 cm³/mol. The van der Waals surface area contributed by atoms with Crippen molar-refractivity contribution in [3.63, 3.8) is 0 Å². The van der Waals surface area contributed by atoms with Crippen LogP contribution in [0.1, 0.15) is 11.5 Å². The van der Waals surface area contributed by atoms with Gasteiger partial charge < -0.3 is 9.52 Å². The lowest BCUT2D eigenvalue weighted by atomic mass is 10.2. The number of pyridine rings is 1. The molecule has 3 nitrogen and oxygen atoms in total. The quantitative estimate of drug-likeness (QED) is 0.442. The molecule has 0 saturated heterocycles. The van der Waals surface area contributed by atoms with E-state index < -0.39 is 0 Å². The Morgan fingerprint density at radius 3 is 2.50 bits per heavy atom. The molecule has 0 amide bonds. The first-order valence-corrected chi connectivity index (χ1v) is 8.19. The number of nitrogens with zero attached hydrogens (tertiary/aromatic N) is 1. The largest absolute Gasteiger partial charge is 0.506 e. The van der Waals surface area contributed by atoms with Crippen LogP contribution in [0.15, 0.2) is 71.1 Å². The highest BCUT2D eigenvalue weighted by molar-refractivity contribution is 6.30. The van der Waals surface area contributed by atoms with Crippen LogP contribution in [0.25, 0.3) is 34.4 Å². The molecule has 4 aromatic rings. The summed E-state index contributed by atoms with van der Waals surface area (Å²) in [6, 6.07) is 20.5. The van der Waals surface area contributed by atoms with Crippen molar-refractivity contribution < 1.29 is 9.52 Å². The lowest BCUT2D eigenvalue weighted by molar-refractivity contribution is 0.480. The Bertz CT molecular complexity index is 1070. The monoisotopic (exact) mass is 383 g/mol. The van der Waals surface area contributed by atoms with E-state index in [0.29, 0.717) is 10.5 Å². The van der Waals surface area contributed by atoms with E-state index in [1.165, 1.54) is 0 Å². The summed E-state index contributed by atoms with van der Waals surface area (Å²) < 4.78 is 5.84. The normalized spacial score (nSPS) is 11.0. The first-order valence-electron chi connectivity index (χ1n) is 7.82. The predicted octanol–water partition coefficient (Wildman–Crippen LogP) is 6.45. The molecule has 2 aromatic heterocycles. The number of benzene rings is 2. The zero-order chi connectivity index (χ0) is 17.2. The fraction of sp³-hybridized carbons (Fsp3) is 0. The number of para-hydroxylation sites is 1. The molecule has 0 atom stereocenters. The van der Waals surface area contributed by atoms with Crippen LogP contribution in [0, 0.1) is 0 Å². The van der Waals surface area contributed by atoms with Crippen LogP contribution >= 0.6 is 24.0 Å². The van der Waals surface area contributed by atoms with Gasteiger partial charge in [-0.1, -0.05) is 29.8 Å². The average Bonchev–Trinajstić information content (AvgIpc) is 3.10. The van der Waals surface area contributed by atoms with Crippen molar-refractivity contribution in [2.24, 2.45) is 0 Å². The fourth-order valence-corrected chi connectivity index (χ4v) is 2.74. The van der Waals surface area contributed by atoms with Crippen molar-refractivity contribution in [2.45, 2.75) is 0 Å². The number of furan rings is 1. The summed E-state index contributed by atoms with van der Waals surface area (Å²) in [6.45, 7) is 0. The minimum Gasteiger partial charge on any atom is -0.506 e. The van der Waals surface area contributed by atoms with Gasteiger partial charge in [-0.2, -0.15) is 0 Å². The molecule has 0 aliphatic heterocycles. The Labute approximate surface area is 162 Å². The maximum absolute atomic E-state index is 9.92. The molecule has 0 bridgehead atoms. The maximum atomic E-state index is 9.92. The number of halogens is 2. The van der Waals surface area contributed by atoms with Crippen molar-refractivity contribution >= 4 is 47.1 Å². The lowest BCUT2D eigenvalue weighted by Crippen LogP contribution is -1.83. The Hall–Kier alpha value is -2.75. The van der Waals surface area contributed by atoms with E-state index in [1.54, 1.807) is 12.1 Å². The molecule has 1 N–H and O–H groups in total. The molecule has 0 unspecified atom stereocenters. The number of phenolic OH excluding ortho intramolecular Hbond substituents is 1. The van der Waals surface area contributed by atoms with Crippen LogP contribution in [0.5, 0.6) is 5.75 Å². The number of phenols is 1. The number of aromatic hydroxyl groups is 1. The van der Waals surface area contributed by atoms with Crippen LogP contribution in [-0.2, 0) is 0 Å². The minimum absolute atomic E-state index is 0. The van der Waals surface area contributed by atoms with Gasteiger partial charge in [-0.15, -0.1) is 12.4 Å². The van der Waals surface area contributed by atoms with E-state index in [4.69, 9.17) is 16.0 Å². The van der Waals surface area contributed by atoms with E-state index >= 15 is 0 Å². The van der Waals surface area contributed by atoms with Gasteiger partial charge in [0, 0.05) is 16.0 Å².